The summed E-state index contributed by atoms with van der Waals surface area (Å²) in [4.78, 5) is 2.31. The fraction of sp³-hybridized carbons (Fsp3) is 0.800. The SMILES string of the molecule is CCCNC(c1c(Cl)cnn1CCC)C1CN(C)CCO1. The third kappa shape index (κ3) is 4.19. The Morgan fingerprint density at radius 1 is 1.48 bits per heavy atom. The van der Waals surface area contributed by atoms with Crippen LogP contribution in [0.25, 0.3) is 0 Å². The third-order valence-corrected chi connectivity index (χ3v) is 4.14. The molecular formula is C15H27ClN4O. The zero-order valence-corrected chi connectivity index (χ0v) is 14.1. The molecule has 1 aromatic heterocycles. The van der Waals surface area contributed by atoms with Crippen molar-refractivity contribution >= 4 is 11.6 Å². The summed E-state index contributed by atoms with van der Waals surface area (Å²) >= 11 is 6.42. The number of aryl methyl sites for hydroxylation is 1. The molecule has 2 atom stereocenters. The Bertz CT molecular complexity index is 437. The molecule has 6 heteroatoms. The molecule has 2 heterocycles. The third-order valence-electron chi connectivity index (χ3n) is 3.85. The van der Waals surface area contributed by atoms with E-state index >= 15 is 0 Å². The molecule has 2 unspecified atom stereocenters. The second-order valence-electron chi connectivity index (χ2n) is 5.70. The highest BCUT2D eigenvalue weighted by Gasteiger charge is 2.31. The summed E-state index contributed by atoms with van der Waals surface area (Å²) in [6, 6.07) is 0.0919. The van der Waals surface area contributed by atoms with Crippen molar-refractivity contribution in [3.05, 3.63) is 16.9 Å². The summed E-state index contributed by atoms with van der Waals surface area (Å²) in [7, 11) is 2.14. The average Bonchev–Trinajstić information content (AvgIpc) is 2.82. The molecule has 0 aromatic carbocycles. The summed E-state index contributed by atoms with van der Waals surface area (Å²) in [5.74, 6) is 0. The van der Waals surface area contributed by atoms with Gasteiger partial charge in [-0.2, -0.15) is 5.10 Å². The Kier molecular flexibility index (Phi) is 6.48. The van der Waals surface area contributed by atoms with Crippen molar-refractivity contribution in [2.24, 2.45) is 0 Å². The molecule has 0 aliphatic carbocycles. The molecule has 1 aliphatic heterocycles. The number of hydrogen-bond donors (Lipinski definition) is 1. The summed E-state index contributed by atoms with van der Waals surface area (Å²) in [5, 5.41) is 8.76. The smallest absolute Gasteiger partial charge is 0.0912 e. The molecule has 1 N–H and O–H groups in total. The number of aromatic nitrogens is 2. The number of rotatable bonds is 7. The largest absolute Gasteiger partial charge is 0.374 e. The topological polar surface area (TPSA) is 42.3 Å². The van der Waals surface area contributed by atoms with Crippen LogP contribution in [0.3, 0.4) is 0 Å². The van der Waals surface area contributed by atoms with Gasteiger partial charge in [-0.05, 0) is 26.4 Å². The van der Waals surface area contributed by atoms with Crippen LogP contribution in [-0.2, 0) is 11.3 Å². The lowest BCUT2D eigenvalue weighted by Crippen LogP contribution is -2.47. The Morgan fingerprint density at radius 3 is 2.95 bits per heavy atom. The first kappa shape index (κ1) is 16.7. The summed E-state index contributed by atoms with van der Waals surface area (Å²) in [6.07, 6.45) is 3.98. The molecule has 0 amide bonds. The maximum atomic E-state index is 6.42. The van der Waals surface area contributed by atoms with Crippen molar-refractivity contribution < 1.29 is 4.74 Å². The van der Waals surface area contributed by atoms with Crippen LogP contribution in [0, 0.1) is 0 Å². The van der Waals surface area contributed by atoms with Gasteiger partial charge in [-0.1, -0.05) is 25.4 Å². The maximum Gasteiger partial charge on any atom is 0.0912 e. The lowest BCUT2D eigenvalue weighted by molar-refractivity contribution is -0.0406. The van der Waals surface area contributed by atoms with Gasteiger partial charge in [-0.25, -0.2) is 0 Å². The van der Waals surface area contributed by atoms with Gasteiger partial charge < -0.3 is 15.0 Å². The molecular weight excluding hydrogens is 288 g/mol. The molecule has 2 rings (SSSR count). The molecule has 1 saturated heterocycles. The highest BCUT2D eigenvalue weighted by molar-refractivity contribution is 6.31. The van der Waals surface area contributed by atoms with Gasteiger partial charge in [-0.15, -0.1) is 0 Å². The van der Waals surface area contributed by atoms with Gasteiger partial charge in [0, 0.05) is 19.6 Å². The molecule has 21 heavy (non-hydrogen) atoms. The lowest BCUT2D eigenvalue weighted by Gasteiger charge is -2.36. The number of likely N-dealkylation sites (N-methyl/N-ethyl adjacent to an activating group) is 1. The van der Waals surface area contributed by atoms with E-state index in [4.69, 9.17) is 16.3 Å². The second-order valence-corrected chi connectivity index (χ2v) is 6.11. The zero-order valence-electron chi connectivity index (χ0n) is 13.3. The predicted octanol–water partition coefficient (Wildman–Crippen LogP) is 2.32. The van der Waals surface area contributed by atoms with E-state index in [-0.39, 0.29) is 12.1 Å². The van der Waals surface area contributed by atoms with Gasteiger partial charge in [0.05, 0.1) is 35.7 Å². The number of morpholine rings is 1. The molecule has 1 aromatic rings. The summed E-state index contributed by atoms with van der Waals surface area (Å²) in [6.45, 7) is 8.82. The van der Waals surface area contributed by atoms with Crippen LogP contribution >= 0.6 is 11.6 Å². The minimum atomic E-state index is 0.0919. The van der Waals surface area contributed by atoms with E-state index in [1.165, 1.54) is 0 Å². The number of hydrogen-bond acceptors (Lipinski definition) is 4. The van der Waals surface area contributed by atoms with E-state index in [2.05, 4.69) is 36.2 Å². The van der Waals surface area contributed by atoms with Gasteiger partial charge in [-0.3, -0.25) is 4.68 Å². The van der Waals surface area contributed by atoms with Crippen LogP contribution in [0.1, 0.15) is 38.4 Å². The Labute approximate surface area is 132 Å². The van der Waals surface area contributed by atoms with Crippen molar-refractivity contribution in [2.75, 3.05) is 33.3 Å². The van der Waals surface area contributed by atoms with Crippen LogP contribution in [0.4, 0.5) is 0 Å². The Balaban J connectivity index is 2.24. The predicted molar refractivity (Wildman–Crippen MR) is 85.8 cm³/mol. The van der Waals surface area contributed by atoms with Crippen LogP contribution < -0.4 is 5.32 Å². The van der Waals surface area contributed by atoms with Crippen LogP contribution in [-0.4, -0.2) is 54.1 Å². The maximum absolute atomic E-state index is 6.42. The Morgan fingerprint density at radius 2 is 2.29 bits per heavy atom. The van der Waals surface area contributed by atoms with Gasteiger partial charge in [0.1, 0.15) is 0 Å². The molecule has 0 bridgehead atoms. The second kappa shape index (κ2) is 8.13. The van der Waals surface area contributed by atoms with Crippen molar-refractivity contribution in [3.63, 3.8) is 0 Å². The summed E-state index contributed by atoms with van der Waals surface area (Å²) in [5.41, 5.74) is 1.06. The molecule has 0 radical (unpaired) electrons. The Hall–Kier alpha value is -0.620. The number of halogens is 1. The molecule has 120 valence electrons. The van der Waals surface area contributed by atoms with E-state index in [1.807, 2.05) is 4.68 Å². The lowest BCUT2D eigenvalue weighted by atomic mass is 10.0. The summed E-state index contributed by atoms with van der Waals surface area (Å²) < 4.78 is 8.04. The molecule has 0 saturated carbocycles. The molecule has 1 aliphatic rings. The number of nitrogens with one attached hydrogen (secondary N) is 1. The van der Waals surface area contributed by atoms with Crippen LogP contribution in [0.5, 0.6) is 0 Å². The normalized spacial score (nSPS) is 21.6. The van der Waals surface area contributed by atoms with Gasteiger partial charge >= 0.3 is 0 Å². The first-order valence-corrected chi connectivity index (χ1v) is 8.29. The first-order chi connectivity index (χ1) is 10.2. The quantitative estimate of drug-likeness (QED) is 0.838. The van der Waals surface area contributed by atoms with E-state index in [0.717, 1.165) is 56.3 Å². The van der Waals surface area contributed by atoms with Crippen LogP contribution in [0.2, 0.25) is 5.02 Å². The van der Waals surface area contributed by atoms with E-state index in [0.29, 0.717) is 0 Å². The average molecular weight is 315 g/mol. The fourth-order valence-electron chi connectivity index (χ4n) is 2.79. The highest BCUT2D eigenvalue weighted by Crippen LogP contribution is 2.28. The van der Waals surface area contributed by atoms with Gasteiger partial charge in [0.25, 0.3) is 0 Å². The standard InChI is InChI=1S/C15H27ClN4O/c1-4-6-17-14(13-11-19(3)8-9-21-13)15-12(16)10-18-20(15)7-5-2/h10,13-14,17H,4-9,11H2,1-3H3. The van der Waals surface area contributed by atoms with E-state index in [1.54, 1.807) is 6.20 Å². The first-order valence-electron chi connectivity index (χ1n) is 7.92. The number of ether oxygens (including phenoxy) is 1. The fourth-order valence-corrected chi connectivity index (χ4v) is 3.05. The highest BCUT2D eigenvalue weighted by atomic mass is 35.5. The minimum Gasteiger partial charge on any atom is -0.374 e. The van der Waals surface area contributed by atoms with Crippen LogP contribution in [0.15, 0.2) is 6.20 Å². The van der Waals surface area contributed by atoms with Crippen molar-refractivity contribution in [1.82, 2.24) is 20.0 Å². The number of nitrogens with zero attached hydrogens (tertiary/aromatic N) is 3. The zero-order chi connectivity index (χ0) is 15.2. The van der Waals surface area contributed by atoms with E-state index < -0.39 is 0 Å². The van der Waals surface area contributed by atoms with E-state index in [9.17, 15) is 0 Å². The van der Waals surface area contributed by atoms with Gasteiger partial charge in [0.15, 0.2) is 0 Å². The monoisotopic (exact) mass is 314 g/mol. The molecule has 1 fully saturated rings. The molecule has 5 nitrogen and oxygen atoms in total. The van der Waals surface area contributed by atoms with Crippen molar-refractivity contribution in [3.8, 4) is 0 Å². The molecule has 0 spiro atoms. The van der Waals surface area contributed by atoms with Crippen molar-refractivity contribution in [2.45, 2.75) is 45.4 Å². The van der Waals surface area contributed by atoms with Gasteiger partial charge in [0.2, 0.25) is 0 Å². The van der Waals surface area contributed by atoms with Crippen molar-refractivity contribution in [1.29, 1.82) is 0 Å². The minimum absolute atomic E-state index is 0.0919.